The van der Waals surface area contributed by atoms with Crippen molar-refractivity contribution in [2.75, 3.05) is 26.3 Å². The zero-order chi connectivity index (χ0) is 7.23. The normalized spacial score (nSPS) is 25.5. The summed E-state index contributed by atoms with van der Waals surface area (Å²) >= 11 is 0. The van der Waals surface area contributed by atoms with E-state index in [1.165, 1.54) is 13.0 Å². The third kappa shape index (κ3) is 2.67. The topological polar surface area (TPSA) is 21.3 Å². The summed E-state index contributed by atoms with van der Waals surface area (Å²) in [6, 6.07) is 0. The minimum atomic E-state index is 0.784. The Morgan fingerprint density at radius 2 is 2.50 bits per heavy atom. The van der Waals surface area contributed by atoms with Gasteiger partial charge < -0.3 is 10.1 Å². The molecule has 0 aromatic heterocycles. The molecule has 0 radical (unpaired) electrons. The van der Waals surface area contributed by atoms with Gasteiger partial charge in [-0.25, -0.2) is 0 Å². The molecule has 0 unspecified atom stereocenters. The van der Waals surface area contributed by atoms with Gasteiger partial charge >= 0.3 is 0 Å². The number of rotatable bonds is 4. The van der Waals surface area contributed by atoms with Gasteiger partial charge in [0.05, 0.1) is 6.61 Å². The van der Waals surface area contributed by atoms with Crippen LogP contribution in [0.25, 0.3) is 0 Å². The van der Waals surface area contributed by atoms with Crippen molar-refractivity contribution in [1.29, 1.82) is 0 Å². The Morgan fingerprint density at radius 1 is 1.60 bits per heavy atom. The molecule has 0 spiro atoms. The standard InChI is InChI=1S/C8H17NO/c1-2-5-10-7-8-3-4-9-6-8/h8-9H,2-7H2,1H3/t8-/m0/s1. The first-order valence-corrected chi connectivity index (χ1v) is 4.22. The van der Waals surface area contributed by atoms with Crippen LogP contribution in [0.3, 0.4) is 0 Å². The lowest BCUT2D eigenvalue weighted by molar-refractivity contribution is 0.106. The molecule has 1 heterocycles. The van der Waals surface area contributed by atoms with Crippen molar-refractivity contribution in [2.24, 2.45) is 5.92 Å². The second-order valence-corrected chi connectivity index (χ2v) is 2.93. The van der Waals surface area contributed by atoms with Crippen LogP contribution in [0.4, 0.5) is 0 Å². The van der Waals surface area contributed by atoms with Gasteiger partial charge in [-0.15, -0.1) is 0 Å². The molecule has 0 bridgehead atoms. The van der Waals surface area contributed by atoms with Crippen LogP contribution in [-0.2, 0) is 4.74 Å². The molecular formula is C8H17NO. The molecule has 0 aromatic carbocycles. The number of hydrogen-bond acceptors (Lipinski definition) is 2. The van der Waals surface area contributed by atoms with Gasteiger partial charge in [-0.1, -0.05) is 6.92 Å². The zero-order valence-corrected chi connectivity index (χ0v) is 6.73. The highest BCUT2D eigenvalue weighted by molar-refractivity contribution is 4.69. The summed E-state index contributed by atoms with van der Waals surface area (Å²) in [5.41, 5.74) is 0. The van der Waals surface area contributed by atoms with E-state index in [-0.39, 0.29) is 0 Å². The van der Waals surface area contributed by atoms with Crippen molar-refractivity contribution >= 4 is 0 Å². The largest absolute Gasteiger partial charge is 0.381 e. The average Bonchev–Trinajstić information content (AvgIpc) is 2.41. The molecule has 1 N–H and O–H groups in total. The molecule has 0 aliphatic carbocycles. The van der Waals surface area contributed by atoms with E-state index in [9.17, 15) is 0 Å². The fraction of sp³-hybridized carbons (Fsp3) is 1.00. The van der Waals surface area contributed by atoms with E-state index in [1.807, 2.05) is 0 Å². The number of hydrogen-bond donors (Lipinski definition) is 1. The molecule has 2 nitrogen and oxygen atoms in total. The molecule has 1 atom stereocenters. The van der Waals surface area contributed by atoms with E-state index in [4.69, 9.17) is 4.74 Å². The second-order valence-electron chi connectivity index (χ2n) is 2.93. The summed E-state index contributed by atoms with van der Waals surface area (Å²) in [5.74, 6) is 0.784. The van der Waals surface area contributed by atoms with Gasteiger partial charge in [-0.05, 0) is 25.3 Å². The van der Waals surface area contributed by atoms with Gasteiger partial charge in [0.25, 0.3) is 0 Å². The van der Waals surface area contributed by atoms with Gasteiger partial charge in [0.15, 0.2) is 0 Å². The second kappa shape index (κ2) is 4.69. The number of ether oxygens (including phenoxy) is 1. The Hall–Kier alpha value is -0.0800. The van der Waals surface area contributed by atoms with E-state index < -0.39 is 0 Å². The molecule has 0 aromatic rings. The van der Waals surface area contributed by atoms with Crippen LogP contribution in [0.2, 0.25) is 0 Å². The summed E-state index contributed by atoms with van der Waals surface area (Å²) in [4.78, 5) is 0. The highest BCUT2D eigenvalue weighted by Gasteiger charge is 2.13. The molecule has 0 saturated carbocycles. The van der Waals surface area contributed by atoms with Crippen molar-refractivity contribution in [1.82, 2.24) is 5.32 Å². The van der Waals surface area contributed by atoms with E-state index in [0.717, 1.165) is 32.1 Å². The summed E-state index contributed by atoms with van der Waals surface area (Å²) in [6.07, 6.45) is 2.43. The molecule has 1 aliphatic heterocycles. The Labute approximate surface area is 63.0 Å². The molecule has 1 fully saturated rings. The Bertz CT molecular complexity index is 79.3. The molecule has 1 aliphatic rings. The van der Waals surface area contributed by atoms with Crippen LogP contribution in [0.5, 0.6) is 0 Å². The van der Waals surface area contributed by atoms with Gasteiger partial charge in [0.2, 0.25) is 0 Å². The third-order valence-corrected chi connectivity index (χ3v) is 1.86. The fourth-order valence-electron chi connectivity index (χ4n) is 1.25. The highest BCUT2D eigenvalue weighted by atomic mass is 16.5. The van der Waals surface area contributed by atoms with Crippen LogP contribution in [0, 0.1) is 5.92 Å². The molecule has 10 heavy (non-hydrogen) atoms. The Kier molecular flexibility index (Phi) is 3.76. The van der Waals surface area contributed by atoms with E-state index in [2.05, 4.69) is 12.2 Å². The van der Waals surface area contributed by atoms with Crippen molar-refractivity contribution < 1.29 is 4.74 Å². The molecular weight excluding hydrogens is 126 g/mol. The smallest absolute Gasteiger partial charge is 0.0506 e. The van der Waals surface area contributed by atoms with Crippen LogP contribution in [0.1, 0.15) is 19.8 Å². The summed E-state index contributed by atoms with van der Waals surface area (Å²) in [6.45, 7) is 6.37. The first kappa shape index (κ1) is 8.02. The molecule has 0 amide bonds. The maximum atomic E-state index is 5.43. The number of nitrogens with one attached hydrogen (secondary N) is 1. The van der Waals surface area contributed by atoms with Gasteiger partial charge in [0.1, 0.15) is 0 Å². The van der Waals surface area contributed by atoms with Gasteiger partial charge in [-0.3, -0.25) is 0 Å². The Morgan fingerprint density at radius 3 is 3.10 bits per heavy atom. The summed E-state index contributed by atoms with van der Waals surface area (Å²) in [5, 5.41) is 3.32. The fourth-order valence-corrected chi connectivity index (χ4v) is 1.25. The van der Waals surface area contributed by atoms with Crippen molar-refractivity contribution in [3.8, 4) is 0 Å². The molecule has 60 valence electrons. The predicted octanol–water partition coefficient (Wildman–Crippen LogP) is 1.02. The van der Waals surface area contributed by atoms with E-state index in [0.29, 0.717) is 0 Å². The maximum Gasteiger partial charge on any atom is 0.0506 e. The van der Waals surface area contributed by atoms with E-state index in [1.54, 1.807) is 0 Å². The quantitative estimate of drug-likeness (QED) is 0.593. The summed E-state index contributed by atoms with van der Waals surface area (Å²) < 4.78 is 5.43. The maximum absolute atomic E-state index is 5.43. The molecule has 2 heteroatoms. The van der Waals surface area contributed by atoms with Crippen molar-refractivity contribution in [2.45, 2.75) is 19.8 Å². The predicted molar refractivity (Wildman–Crippen MR) is 42.1 cm³/mol. The average molecular weight is 143 g/mol. The third-order valence-electron chi connectivity index (χ3n) is 1.86. The molecule has 1 saturated heterocycles. The van der Waals surface area contributed by atoms with Crippen LogP contribution < -0.4 is 5.32 Å². The molecule has 1 rings (SSSR count). The highest BCUT2D eigenvalue weighted by Crippen LogP contribution is 2.07. The first-order valence-electron chi connectivity index (χ1n) is 4.22. The van der Waals surface area contributed by atoms with E-state index >= 15 is 0 Å². The lowest BCUT2D eigenvalue weighted by Crippen LogP contribution is -2.13. The van der Waals surface area contributed by atoms with Gasteiger partial charge in [0, 0.05) is 13.2 Å². The monoisotopic (exact) mass is 143 g/mol. The Balaban J connectivity index is 1.91. The first-order chi connectivity index (χ1) is 4.93. The lowest BCUT2D eigenvalue weighted by Gasteiger charge is -2.07. The van der Waals surface area contributed by atoms with Gasteiger partial charge in [-0.2, -0.15) is 0 Å². The van der Waals surface area contributed by atoms with Crippen molar-refractivity contribution in [3.63, 3.8) is 0 Å². The van der Waals surface area contributed by atoms with Crippen LogP contribution >= 0.6 is 0 Å². The lowest BCUT2D eigenvalue weighted by atomic mass is 10.1. The minimum absolute atomic E-state index is 0.784. The van der Waals surface area contributed by atoms with Crippen LogP contribution in [-0.4, -0.2) is 26.3 Å². The summed E-state index contributed by atoms with van der Waals surface area (Å²) in [7, 11) is 0. The van der Waals surface area contributed by atoms with Crippen molar-refractivity contribution in [3.05, 3.63) is 0 Å². The SMILES string of the molecule is CCCOC[C@H]1CCNC1. The van der Waals surface area contributed by atoms with Crippen LogP contribution in [0.15, 0.2) is 0 Å². The zero-order valence-electron chi connectivity index (χ0n) is 6.73. The minimum Gasteiger partial charge on any atom is -0.381 e.